The molecule has 8 rings (SSSR count). The number of imidazole rings is 1. The molecule has 33 heavy (non-hydrogen) atoms. The van der Waals surface area contributed by atoms with E-state index in [-0.39, 0.29) is 16.8 Å². The molecule has 4 bridgehead atoms. The Kier molecular flexibility index (Phi) is 3.61. The van der Waals surface area contributed by atoms with Gasteiger partial charge in [0.25, 0.3) is 0 Å². The lowest BCUT2D eigenvalue weighted by Crippen LogP contribution is -2.52. The summed E-state index contributed by atoms with van der Waals surface area (Å²) in [4.78, 5) is 27.2. The Morgan fingerprint density at radius 2 is 1.97 bits per heavy atom. The molecule has 4 heterocycles. The molecule has 170 valence electrons. The first-order chi connectivity index (χ1) is 15.9. The van der Waals surface area contributed by atoms with Gasteiger partial charge in [0, 0.05) is 14.2 Å². The van der Waals surface area contributed by atoms with Crippen LogP contribution in [-0.2, 0) is 17.3 Å². The van der Waals surface area contributed by atoms with Crippen LogP contribution in [0.4, 0.5) is 11.6 Å². The first-order valence-corrected chi connectivity index (χ1v) is 11.5. The second-order valence-electron chi connectivity index (χ2n) is 10.2. The van der Waals surface area contributed by atoms with E-state index in [1.807, 2.05) is 30.9 Å². The van der Waals surface area contributed by atoms with Crippen LogP contribution in [-0.4, -0.2) is 46.4 Å². The summed E-state index contributed by atoms with van der Waals surface area (Å²) in [6.07, 6.45) is 10.4. The molecule has 4 aromatic heterocycles. The van der Waals surface area contributed by atoms with Gasteiger partial charge in [0.15, 0.2) is 11.3 Å². The number of nitrogens with zero attached hydrogens (tertiary/aromatic N) is 7. The molecule has 4 aromatic rings. The van der Waals surface area contributed by atoms with Crippen molar-refractivity contribution in [1.29, 1.82) is 0 Å². The molecule has 4 aliphatic rings. The van der Waals surface area contributed by atoms with Crippen LogP contribution >= 0.6 is 0 Å². The Balaban J connectivity index is 1.39. The van der Waals surface area contributed by atoms with Crippen molar-refractivity contribution in [2.24, 2.45) is 18.9 Å². The molecular formula is C23H26N8O2. The van der Waals surface area contributed by atoms with Crippen LogP contribution in [0, 0.1) is 18.8 Å². The molecule has 10 nitrogen and oxygen atoms in total. The number of ether oxygens (including phenoxy) is 1. The molecule has 0 saturated heterocycles. The fourth-order valence-corrected chi connectivity index (χ4v) is 7.26. The van der Waals surface area contributed by atoms with E-state index < -0.39 is 0 Å². The van der Waals surface area contributed by atoms with Crippen molar-refractivity contribution in [3.63, 3.8) is 0 Å². The van der Waals surface area contributed by atoms with E-state index in [9.17, 15) is 4.79 Å². The Labute approximate surface area is 189 Å². The van der Waals surface area contributed by atoms with Crippen molar-refractivity contribution in [3.05, 3.63) is 40.8 Å². The van der Waals surface area contributed by atoms with Gasteiger partial charge in [0.2, 0.25) is 5.95 Å². The number of aryl methyl sites for hydroxylation is 2. The molecule has 2 atom stereocenters. The summed E-state index contributed by atoms with van der Waals surface area (Å²) in [7, 11) is 3.61. The van der Waals surface area contributed by atoms with Gasteiger partial charge in [-0.3, -0.25) is 9.13 Å². The Morgan fingerprint density at radius 3 is 2.73 bits per heavy atom. The van der Waals surface area contributed by atoms with Gasteiger partial charge in [-0.1, -0.05) is 0 Å². The van der Waals surface area contributed by atoms with Crippen LogP contribution < -0.4 is 11.0 Å². The van der Waals surface area contributed by atoms with Gasteiger partial charge in [-0.15, -0.1) is 0 Å². The molecule has 1 N–H and O–H groups in total. The van der Waals surface area contributed by atoms with Gasteiger partial charge in [0.1, 0.15) is 11.8 Å². The lowest BCUT2D eigenvalue weighted by Gasteiger charge is -2.40. The zero-order valence-corrected chi connectivity index (χ0v) is 18.9. The summed E-state index contributed by atoms with van der Waals surface area (Å²) >= 11 is 0. The monoisotopic (exact) mass is 446 g/mol. The minimum atomic E-state index is -0.340. The van der Waals surface area contributed by atoms with Crippen molar-refractivity contribution in [3.8, 4) is 0 Å². The Hall–Kier alpha value is -3.27. The molecule has 4 aliphatic carbocycles. The Bertz CT molecular complexity index is 1480. The largest absolute Gasteiger partial charge is 0.376 e. The van der Waals surface area contributed by atoms with Crippen LogP contribution in [0.5, 0.6) is 0 Å². The highest BCUT2D eigenvalue weighted by Crippen LogP contribution is 2.67. The lowest BCUT2D eigenvalue weighted by molar-refractivity contribution is -0.0694. The molecule has 0 amide bonds. The predicted octanol–water partition coefficient (Wildman–Crippen LogP) is 2.53. The van der Waals surface area contributed by atoms with Crippen LogP contribution in [0.3, 0.4) is 0 Å². The molecular weight excluding hydrogens is 420 g/mol. The second kappa shape index (κ2) is 6.19. The summed E-state index contributed by atoms with van der Waals surface area (Å²) in [5.41, 5.74) is 3.37. The Morgan fingerprint density at radius 1 is 1.18 bits per heavy atom. The third-order valence-corrected chi connectivity index (χ3v) is 8.49. The molecule has 2 unspecified atom stereocenters. The number of rotatable bonds is 4. The number of hydrogen-bond acceptors (Lipinski definition) is 7. The average Bonchev–Trinajstić information content (AvgIpc) is 3.46. The van der Waals surface area contributed by atoms with Crippen LogP contribution in [0.15, 0.2) is 29.6 Å². The van der Waals surface area contributed by atoms with Crippen molar-refractivity contribution in [2.45, 2.75) is 50.2 Å². The number of aromatic nitrogens is 7. The fraction of sp³-hybridized carbons (Fsp3) is 0.522. The van der Waals surface area contributed by atoms with Gasteiger partial charge in [-0.25, -0.2) is 19.3 Å². The summed E-state index contributed by atoms with van der Waals surface area (Å²) in [6.45, 7) is 2.00. The van der Waals surface area contributed by atoms with Gasteiger partial charge < -0.3 is 10.1 Å². The lowest BCUT2D eigenvalue weighted by atomic mass is 9.80. The molecule has 4 fully saturated rings. The minimum absolute atomic E-state index is 0.0405. The number of nitrogens with one attached hydrogen (secondary N) is 1. The summed E-state index contributed by atoms with van der Waals surface area (Å²) in [6, 6.07) is 1.96. The van der Waals surface area contributed by atoms with E-state index >= 15 is 0 Å². The second-order valence-corrected chi connectivity index (χ2v) is 10.2. The molecule has 0 spiro atoms. The van der Waals surface area contributed by atoms with Gasteiger partial charge >= 0.3 is 5.69 Å². The maximum Gasteiger partial charge on any atom is 0.330 e. The van der Waals surface area contributed by atoms with E-state index in [2.05, 4.69) is 20.4 Å². The molecule has 0 aromatic carbocycles. The molecule has 0 radical (unpaired) electrons. The number of pyridine rings is 1. The van der Waals surface area contributed by atoms with Crippen LogP contribution in [0.25, 0.3) is 16.8 Å². The molecule has 4 saturated carbocycles. The summed E-state index contributed by atoms with van der Waals surface area (Å²) in [5, 5.41) is 7.54. The van der Waals surface area contributed by atoms with E-state index in [1.165, 1.54) is 12.7 Å². The third-order valence-electron chi connectivity index (χ3n) is 8.49. The maximum atomic E-state index is 13.6. The number of fused-ring (bicyclic) bond motifs is 2. The summed E-state index contributed by atoms with van der Waals surface area (Å²) in [5.74, 6) is 1.66. The van der Waals surface area contributed by atoms with Gasteiger partial charge in [0.05, 0.1) is 29.2 Å². The fourth-order valence-electron chi connectivity index (χ4n) is 7.26. The van der Waals surface area contributed by atoms with E-state index in [1.54, 1.807) is 22.3 Å². The zero-order chi connectivity index (χ0) is 22.5. The third kappa shape index (κ3) is 2.34. The first-order valence-electron chi connectivity index (χ1n) is 11.5. The standard InChI is InChI=1S/C23H26N8O2/c1-13-4-18-25-12-26-30(18)11-16(13)27-20-24-10-17-19(28-20)31(21(32)29(17)2)22-6-14-5-15(7-22)9-23(22,8-14)33-3/h4,10-12,14-15H,5-9H2,1-3H3,(H,24,27,28). The SMILES string of the molecule is COC12CC3CC(C1)CC2(n1c(=O)n(C)c2cnc(Nc4cn5ncnc5cc4C)nc21)C3. The highest BCUT2D eigenvalue weighted by Gasteiger charge is 2.69. The minimum Gasteiger partial charge on any atom is -0.376 e. The molecule has 10 heteroatoms. The smallest absolute Gasteiger partial charge is 0.330 e. The maximum absolute atomic E-state index is 13.6. The highest BCUT2D eigenvalue weighted by atomic mass is 16.5. The predicted molar refractivity (Wildman–Crippen MR) is 122 cm³/mol. The van der Waals surface area contributed by atoms with E-state index in [0.29, 0.717) is 23.4 Å². The topological polar surface area (TPSA) is 104 Å². The zero-order valence-electron chi connectivity index (χ0n) is 18.9. The van der Waals surface area contributed by atoms with E-state index in [0.717, 1.165) is 48.1 Å². The van der Waals surface area contributed by atoms with Crippen LogP contribution in [0.2, 0.25) is 0 Å². The number of anilines is 2. The number of hydrogen-bond donors (Lipinski definition) is 1. The first kappa shape index (κ1) is 19.2. The van der Waals surface area contributed by atoms with Crippen molar-refractivity contribution in [1.82, 2.24) is 33.7 Å². The molecule has 0 aliphatic heterocycles. The van der Waals surface area contributed by atoms with Gasteiger partial charge in [-0.05, 0) is 62.5 Å². The van der Waals surface area contributed by atoms with Crippen molar-refractivity contribution >= 4 is 28.4 Å². The number of methoxy groups -OCH3 is 1. The highest BCUT2D eigenvalue weighted by molar-refractivity contribution is 5.74. The van der Waals surface area contributed by atoms with Gasteiger partial charge in [-0.2, -0.15) is 10.1 Å². The quantitative estimate of drug-likeness (QED) is 0.514. The summed E-state index contributed by atoms with van der Waals surface area (Å²) < 4.78 is 11.6. The van der Waals surface area contributed by atoms with Crippen molar-refractivity contribution in [2.75, 3.05) is 12.4 Å². The van der Waals surface area contributed by atoms with E-state index in [4.69, 9.17) is 9.72 Å². The normalized spacial score (nSPS) is 30.2. The average molecular weight is 447 g/mol. The van der Waals surface area contributed by atoms with Crippen molar-refractivity contribution < 1.29 is 4.74 Å². The van der Waals surface area contributed by atoms with Crippen LogP contribution in [0.1, 0.15) is 37.7 Å².